The molecule has 1 unspecified atom stereocenters. The lowest BCUT2D eigenvalue weighted by atomic mass is 10.2. The minimum atomic E-state index is -0.457. The van der Waals surface area contributed by atoms with Crippen molar-refractivity contribution in [3.8, 4) is 11.4 Å². The van der Waals surface area contributed by atoms with E-state index in [1.54, 1.807) is 6.92 Å². The van der Waals surface area contributed by atoms with Crippen LogP contribution in [0.5, 0.6) is 0 Å². The van der Waals surface area contributed by atoms with E-state index in [0.717, 1.165) is 36.2 Å². The molecule has 3 aromatic rings. The van der Waals surface area contributed by atoms with Gasteiger partial charge in [-0.3, -0.25) is 4.79 Å². The predicted molar refractivity (Wildman–Crippen MR) is 125 cm³/mol. The van der Waals surface area contributed by atoms with E-state index in [0.29, 0.717) is 10.8 Å². The molecule has 0 fully saturated rings. The van der Waals surface area contributed by atoms with Crippen LogP contribution >= 0.6 is 23.4 Å². The van der Waals surface area contributed by atoms with Crippen LogP contribution in [0, 0.1) is 5.82 Å². The molecule has 9 heteroatoms. The largest absolute Gasteiger partial charge is 0.372 e. The summed E-state index contributed by atoms with van der Waals surface area (Å²) in [5, 5.41) is 11.6. The van der Waals surface area contributed by atoms with Crippen LogP contribution in [0.25, 0.3) is 11.4 Å². The Morgan fingerprint density at radius 1 is 1.19 bits per heavy atom. The molecule has 0 aliphatic rings. The van der Waals surface area contributed by atoms with Gasteiger partial charge in [-0.25, -0.2) is 4.39 Å². The average molecular weight is 462 g/mol. The molecular weight excluding hydrogens is 437 g/mol. The molecule has 3 rings (SSSR count). The highest BCUT2D eigenvalue weighted by molar-refractivity contribution is 8.00. The van der Waals surface area contributed by atoms with Gasteiger partial charge in [-0.05, 0) is 63.2 Å². The van der Waals surface area contributed by atoms with Gasteiger partial charge in [0.05, 0.1) is 16.0 Å². The summed E-state index contributed by atoms with van der Waals surface area (Å²) in [5.74, 6) is 0.0107. The Labute approximate surface area is 190 Å². The summed E-state index contributed by atoms with van der Waals surface area (Å²) in [4.78, 5) is 14.8. The van der Waals surface area contributed by atoms with Crippen LogP contribution in [0.2, 0.25) is 5.02 Å². The normalized spacial score (nSPS) is 11.9. The molecule has 1 heterocycles. The Morgan fingerprint density at radius 3 is 2.48 bits per heavy atom. The zero-order valence-electron chi connectivity index (χ0n) is 17.9. The highest BCUT2D eigenvalue weighted by atomic mass is 35.5. The van der Waals surface area contributed by atoms with Crippen LogP contribution in [0.15, 0.2) is 47.6 Å². The molecule has 6 nitrogen and oxygen atoms in total. The zero-order chi connectivity index (χ0) is 22.5. The molecule has 1 amide bonds. The topological polar surface area (TPSA) is 63.1 Å². The quantitative estimate of drug-likeness (QED) is 0.465. The number of thioether (sulfide) groups is 1. The Bertz CT molecular complexity index is 1050. The standard InChI is InChI=1S/C22H25ClFN5OS/c1-5-29(6-2)17-10-7-15(8-11-17)20-26-27-22(28(20)4)31-14(3)21(30)25-19-12-9-16(24)13-18(19)23/h7-14H,5-6H2,1-4H3,(H,25,30). The number of benzene rings is 2. The van der Waals surface area contributed by atoms with Gasteiger partial charge in [0.25, 0.3) is 0 Å². The van der Waals surface area contributed by atoms with E-state index in [1.165, 1.54) is 23.9 Å². The first-order valence-electron chi connectivity index (χ1n) is 10.0. The van der Waals surface area contributed by atoms with E-state index >= 15 is 0 Å². The molecule has 1 atom stereocenters. The molecule has 0 bridgehead atoms. The molecule has 1 aromatic heterocycles. The van der Waals surface area contributed by atoms with E-state index in [1.807, 2.05) is 23.7 Å². The van der Waals surface area contributed by atoms with Gasteiger partial charge in [0.15, 0.2) is 11.0 Å². The van der Waals surface area contributed by atoms with E-state index in [-0.39, 0.29) is 10.9 Å². The molecule has 0 saturated heterocycles. The number of hydrogen-bond donors (Lipinski definition) is 1. The molecule has 1 N–H and O–H groups in total. The third kappa shape index (κ3) is 5.37. The summed E-state index contributed by atoms with van der Waals surface area (Å²) in [6.07, 6.45) is 0. The second kappa shape index (κ2) is 10.2. The first kappa shape index (κ1) is 23.1. The zero-order valence-corrected chi connectivity index (χ0v) is 19.5. The molecular formula is C22H25ClFN5OS. The van der Waals surface area contributed by atoms with Crippen LogP contribution in [0.1, 0.15) is 20.8 Å². The molecule has 31 heavy (non-hydrogen) atoms. The summed E-state index contributed by atoms with van der Waals surface area (Å²) >= 11 is 7.28. The summed E-state index contributed by atoms with van der Waals surface area (Å²) in [6, 6.07) is 12.1. The number of anilines is 2. The second-order valence-electron chi connectivity index (χ2n) is 6.96. The fourth-order valence-electron chi connectivity index (χ4n) is 3.12. The van der Waals surface area contributed by atoms with Crippen LogP contribution in [0.3, 0.4) is 0 Å². The molecule has 0 spiro atoms. The minimum absolute atomic E-state index is 0.152. The van der Waals surface area contributed by atoms with E-state index < -0.39 is 11.1 Å². The van der Waals surface area contributed by atoms with Gasteiger partial charge in [-0.2, -0.15) is 0 Å². The molecule has 0 aliphatic heterocycles. The summed E-state index contributed by atoms with van der Waals surface area (Å²) in [6.45, 7) is 7.92. The fourth-order valence-corrected chi connectivity index (χ4v) is 4.15. The van der Waals surface area contributed by atoms with Crippen LogP contribution < -0.4 is 10.2 Å². The van der Waals surface area contributed by atoms with E-state index in [2.05, 4.69) is 46.4 Å². The van der Waals surface area contributed by atoms with Crippen LogP contribution in [-0.4, -0.2) is 39.0 Å². The molecule has 0 radical (unpaired) electrons. The van der Waals surface area contributed by atoms with Crippen molar-refractivity contribution in [3.05, 3.63) is 53.3 Å². The molecule has 164 valence electrons. The minimum Gasteiger partial charge on any atom is -0.372 e. The smallest absolute Gasteiger partial charge is 0.237 e. The van der Waals surface area contributed by atoms with Crippen LogP contribution in [0.4, 0.5) is 15.8 Å². The van der Waals surface area contributed by atoms with Crippen LogP contribution in [-0.2, 0) is 11.8 Å². The number of carbonyl (C=O) groups excluding carboxylic acids is 1. The van der Waals surface area contributed by atoms with Gasteiger partial charge in [-0.1, -0.05) is 23.4 Å². The van der Waals surface area contributed by atoms with Crippen molar-refractivity contribution in [1.82, 2.24) is 14.8 Å². The first-order valence-corrected chi connectivity index (χ1v) is 11.3. The SMILES string of the molecule is CCN(CC)c1ccc(-c2nnc(SC(C)C(=O)Nc3ccc(F)cc3Cl)n2C)cc1. The maximum absolute atomic E-state index is 13.2. The van der Waals surface area contributed by atoms with Crippen molar-refractivity contribution >= 4 is 40.6 Å². The number of amides is 1. The lowest BCUT2D eigenvalue weighted by Gasteiger charge is -2.21. The van der Waals surface area contributed by atoms with Gasteiger partial charge in [0, 0.05) is 31.4 Å². The number of halogens is 2. The number of rotatable bonds is 8. The van der Waals surface area contributed by atoms with Gasteiger partial charge in [0.2, 0.25) is 5.91 Å². The van der Waals surface area contributed by atoms with Crippen molar-refractivity contribution in [2.75, 3.05) is 23.3 Å². The number of carbonyl (C=O) groups is 1. The average Bonchev–Trinajstić information content (AvgIpc) is 3.11. The lowest BCUT2D eigenvalue weighted by molar-refractivity contribution is -0.115. The lowest BCUT2D eigenvalue weighted by Crippen LogP contribution is -2.23. The molecule has 2 aromatic carbocycles. The van der Waals surface area contributed by atoms with E-state index in [4.69, 9.17) is 11.6 Å². The Hall–Kier alpha value is -2.58. The highest BCUT2D eigenvalue weighted by Crippen LogP contribution is 2.28. The molecule has 0 aliphatic carbocycles. The van der Waals surface area contributed by atoms with Crippen molar-refractivity contribution in [2.45, 2.75) is 31.2 Å². The molecule has 0 saturated carbocycles. The predicted octanol–water partition coefficient (Wildman–Crippen LogP) is 5.24. The Morgan fingerprint density at radius 2 is 1.87 bits per heavy atom. The number of hydrogen-bond acceptors (Lipinski definition) is 5. The summed E-state index contributed by atoms with van der Waals surface area (Å²) in [7, 11) is 1.87. The van der Waals surface area contributed by atoms with Gasteiger partial charge >= 0.3 is 0 Å². The fraction of sp³-hybridized carbons (Fsp3) is 0.318. The number of aromatic nitrogens is 3. The first-order chi connectivity index (χ1) is 14.8. The highest BCUT2D eigenvalue weighted by Gasteiger charge is 2.20. The second-order valence-corrected chi connectivity index (χ2v) is 8.67. The third-order valence-electron chi connectivity index (χ3n) is 4.93. The van der Waals surface area contributed by atoms with Gasteiger partial charge < -0.3 is 14.8 Å². The maximum atomic E-state index is 13.2. The Kier molecular flexibility index (Phi) is 7.56. The van der Waals surface area contributed by atoms with Gasteiger partial charge in [-0.15, -0.1) is 10.2 Å². The summed E-state index contributed by atoms with van der Waals surface area (Å²) in [5.41, 5.74) is 2.48. The number of nitrogens with one attached hydrogen (secondary N) is 1. The van der Waals surface area contributed by atoms with Crippen molar-refractivity contribution in [2.24, 2.45) is 7.05 Å². The Balaban J connectivity index is 1.70. The van der Waals surface area contributed by atoms with Crippen molar-refractivity contribution in [1.29, 1.82) is 0 Å². The number of nitrogens with zero attached hydrogens (tertiary/aromatic N) is 4. The monoisotopic (exact) mass is 461 g/mol. The van der Waals surface area contributed by atoms with Crippen molar-refractivity contribution < 1.29 is 9.18 Å². The van der Waals surface area contributed by atoms with Gasteiger partial charge in [0.1, 0.15) is 5.82 Å². The summed E-state index contributed by atoms with van der Waals surface area (Å²) < 4.78 is 15.1. The van der Waals surface area contributed by atoms with Crippen molar-refractivity contribution in [3.63, 3.8) is 0 Å². The maximum Gasteiger partial charge on any atom is 0.237 e. The van der Waals surface area contributed by atoms with E-state index in [9.17, 15) is 9.18 Å². The third-order valence-corrected chi connectivity index (χ3v) is 6.38.